The van der Waals surface area contributed by atoms with Gasteiger partial charge in [0.25, 0.3) is 0 Å². The van der Waals surface area contributed by atoms with Crippen molar-refractivity contribution in [3.05, 3.63) is 70.9 Å². The number of allylic oxidation sites excluding steroid dienone is 6. The van der Waals surface area contributed by atoms with Gasteiger partial charge in [-0.2, -0.15) is 0 Å². The van der Waals surface area contributed by atoms with E-state index in [-0.39, 0.29) is 11.8 Å². The average molecular weight is 392 g/mol. The van der Waals surface area contributed by atoms with Gasteiger partial charge in [-0.1, -0.05) is 47.6 Å². The van der Waals surface area contributed by atoms with E-state index in [0.29, 0.717) is 24.0 Å². The molecule has 0 amide bonds. The van der Waals surface area contributed by atoms with E-state index in [0.717, 1.165) is 17.6 Å². The lowest BCUT2D eigenvalue weighted by molar-refractivity contribution is -0.152. The Morgan fingerprint density at radius 1 is 0.828 bits per heavy atom. The number of rotatable bonds is 4. The second kappa shape index (κ2) is 7.01. The third-order valence-corrected chi connectivity index (χ3v) is 6.13. The summed E-state index contributed by atoms with van der Waals surface area (Å²) in [6.07, 6.45) is 17.8. The number of esters is 2. The van der Waals surface area contributed by atoms with Gasteiger partial charge in [-0.05, 0) is 46.3 Å². The van der Waals surface area contributed by atoms with Crippen LogP contribution >= 0.6 is 0 Å². The van der Waals surface area contributed by atoms with Gasteiger partial charge < -0.3 is 9.47 Å². The molecule has 2 bridgehead atoms. The van der Waals surface area contributed by atoms with Crippen LogP contribution in [-0.2, 0) is 19.1 Å². The van der Waals surface area contributed by atoms with E-state index >= 15 is 0 Å². The Hall–Kier alpha value is -2.62. The third kappa shape index (κ3) is 3.81. The van der Waals surface area contributed by atoms with E-state index in [1.807, 2.05) is 76.3 Å². The molecule has 0 radical (unpaired) electrons. The zero-order valence-corrected chi connectivity index (χ0v) is 17.5. The van der Waals surface area contributed by atoms with Crippen molar-refractivity contribution in [3.8, 4) is 0 Å². The highest BCUT2D eigenvalue weighted by Gasteiger charge is 2.45. The van der Waals surface area contributed by atoms with Gasteiger partial charge in [-0.15, -0.1) is 0 Å². The van der Waals surface area contributed by atoms with Crippen LogP contribution in [0.25, 0.3) is 0 Å². The maximum Gasteiger partial charge on any atom is 0.336 e. The van der Waals surface area contributed by atoms with Gasteiger partial charge in [-0.25, -0.2) is 9.59 Å². The first-order valence-corrected chi connectivity index (χ1v) is 10.3. The molecule has 0 aliphatic heterocycles. The van der Waals surface area contributed by atoms with Crippen molar-refractivity contribution < 1.29 is 19.1 Å². The molecule has 0 aromatic rings. The fourth-order valence-electron chi connectivity index (χ4n) is 4.90. The number of hydrogen-bond donors (Lipinski definition) is 0. The van der Waals surface area contributed by atoms with Crippen LogP contribution in [0.4, 0.5) is 0 Å². The summed E-state index contributed by atoms with van der Waals surface area (Å²) in [5.74, 6) is -0.953. The molecule has 29 heavy (non-hydrogen) atoms. The molecule has 4 unspecified atom stereocenters. The molecule has 0 spiro atoms. The van der Waals surface area contributed by atoms with E-state index in [1.54, 1.807) is 0 Å². The molecule has 0 fully saturated rings. The molecule has 4 atom stereocenters. The summed E-state index contributed by atoms with van der Waals surface area (Å²) in [4.78, 5) is 26.3. The molecule has 0 aromatic heterocycles. The van der Waals surface area contributed by atoms with Gasteiger partial charge in [-0.3, -0.25) is 0 Å². The average Bonchev–Trinajstić information content (AvgIpc) is 3.21. The molecule has 0 heterocycles. The first-order valence-electron chi connectivity index (χ1n) is 10.3. The second-order valence-corrected chi connectivity index (χ2v) is 9.16. The molecule has 4 heteroatoms. The maximum atomic E-state index is 13.2. The van der Waals surface area contributed by atoms with Crippen LogP contribution in [0.2, 0.25) is 0 Å². The number of hydrogen-bond acceptors (Lipinski definition) is 4. The normalized spacial score (nSPS) is 34.9. The topological polar surface area (TPSA) is 52.6 Å². The highest BCUT2D eigenvalue weighted by Crippen LogP contribution is 2.46. The zero-order chi connectivity index (χ0) is 20.8. The highest BCUT2D eigenvalue weighted by molar-refractivity contribution is 6.03. The standard InChI is InChI=1S/C25H28O4/c1-16-7-5-11-24(3,14-16)28-22(26)20-18-9-10-19(13-18)21(20)23(27)29-25(4)12-6-8-17(2)15-25/h5-12,18-19H,13-15H2,1-4H3. The Balaban J connectivity index is 1.57. The van der Waals surface area contributed by atoms with Crippen LogP contribution in [0.5, 0.6) is 0 Å². The van der Waals surface area contributed by atoms with Crippen LogP contribution in [0.1, 0.15) is 47.0 Å². The molecule has 4 aliphatic rings. The Labute approximate surface area is 172 Å². The van der Waals surface area contributed by atoms with Crippen molar-refractivity contribution in [2.45, 2.75) is 58.2 Å². The van der Waals surface area contributed by atoms with Crippen molar-refractivity contribution in [3.63, 3.8) is 0 Å². The van der Waals surface area contributed by atoms with Gasteiger partial charge in [0.05, 0.1) is 11.1 Å². The third-order valence-electron chi connectivity index (χ3n) is 6.13. The van der Waals surface area contributed by atoms with E-state index in [9.17, 15) is 9.59 Å². The first kappa shape index (κ1) is 19.7. The van der Waals surface area contributed by atoms with Crippen molar-refractivity contribution in [2.24, 2.45) is 11.8 Å². The van der Waals surface area contributed by atoms with Crippen LogP contribution in [0, 0.1) is 11.8 Å². The van der Waals surface area contributed by atoms with Gasteiger partial charge in [0.2, 0.25) is 0 Å². The van der Waals surface area contributed by atoms with Crippen molar-refractivity contribution in [1.82, 2.24) is 0 Å². The van der Waals surface area contributed by atoms with Crippen molar-refractivity contribution in [1.29, 1.82) is 0 Å². The lowest BCUT2D eigenvalue weighted by atomic mass is 9.91. The van der Waals surface area contributed by atoms with Gasteiger partial charge in [0.1, 0.15) is 11.2 Å². The maximum absolute atomic E-state index is 13.2. The van der Waals surface area contributed by atoms with E-state index in [4.69, 9.17) is 9.47 Å². The minimum Gasteiger partial charge on any atom is -0.451 e. The second-order valence-electron chi connectivity index (χ2n) is 9.16. The largest absolute Gasteiger partial charge is 0.451 e. The highest BCUT2D eigenvalue weighted by atomic mass is 16.6. The fraction of sp³-hybridized carbons (Fsp3) is 0.440. The number of fused-ring (bicyclic) bond motifs is 2. The van der Waals surface area contributed by atoms with Crippen LogP contribution in [-0.4, -0.2) is 23.1 Å². The Bertz CT molecular complexity index is 868. The molecule has 152 valence electrons. The van der Waals surface area contributed by atoms with Crippen LogP contribution in [0.15, 0.2) is 70.9 Å². The molecular formula is C25H28O4. The van der Waals surface area contributed by atoms with Crippen LogP contribution in [0.3, 0.4) is 0 Å². The lowest BCUT2D eigenvalue weighted by Crippen LogP contribution is -2.35. The first-order chi connectivity index (χ1) is 13.7. The summed E-state index contributed by atoms with van der Waals surface area (Å²) in [6, 6.07) is 0. The Morgan fingerprint density at radius 3 is 1.62 bits per heavy atom. The minimum atomic E-state index is -0.691. The Morgan fingerprint density at radius 2 is 1.24 bits per heavy atom. The summed E-state index contributed by atoms with van der Waals surface area (Å²) in [7, 11) is 0. The smallest absolute Gasteiger partial charge is 0.336 e. The molecule has 4 rings (SSSR count). The molecule has 0 saturated carbocycles. The summed E-state index contributed by atoms with van der Waals surface area (Å²) < 4.78 is 11.8. The summed E-state index contributed by atoms with van der Waals surface area (Å²) in [5.41, 5.74) is 1.88. The number of carbonyl (C=O) groups is 2. The monoisotopic (exact) mass is 392 g/mol. The quantitative estimate of drug-likeness (QED) is 0.504. The molecule has 4 nitrogen and oxygen atoms in total. The van der Waals surface area contributed by atoms with E-state index in [2.05, 4.69) is 0 Å². The lowest BCUT2D eigenvalue weighted by Gasteiger charge is -2.31. The van der Waals surface area contributed by atoms with Gasteiger partial charge in [0, 0.05) is 24.7 Å². The molecule has 0 saturated heterocycles. The molecular weight excluding hydrogens is 364 g/mol. The Kier molecular flexibility index (Phi) is 4.76. The summed E-state index contributed by atoms with van der Waals surface area (Å²) in [6.45, 7) is 7.85. The molecule has 0 N–H and O–H groups in total. The van der Waals surface area contributed by atoms with E-state index < -0.39 is 23.1 Å². The van der Waals surface area contributed by atoms with Crippen molar-refractivity contribution >= 4 is 11.9 Å². The van der Waals surface area contributed by atoms with Gasteiger partial charge >= 0.3 is 11.9 Å². The fourth-order valence-corrected chi connectivity index (χ4v) is 4.90. The minimum absolute atomic E-state index is 0.0702. The van der Waals surface area contributed by atoms with E-state index in [1.165, 1.54) is 0 Å². The predicted octanol–water partition coefficient (Wildman–Crippen LogP) is 4.91. The molecule has 4 aliphatic carbocycles. The van der Waals surface area contributed by atoms with Crippen molar-refractivity contribution in [2.75, 3.05) is 0 Å². The van der Waals surface area contributed by atoms with Gasteiger partial charge in [0.15, 0.2) is 0 Å². The summed E-state index contributed by atoms with van der Waals surface area (Å²) >= 11 is 0. The van der Waals surface area contributed by atoms with Crippen LogP contribution < -0.4 is 0 Å². The predicted molar refractivity (Wildman–Crippen MR) is 112 cm³/mol. The number of carbonyl (C=O) groups excluding carboxylic acids is 2. The SMILES string of the molecule is CC1=CC=CC(C)(OC(=O)C2=C(C(=O)OC3(C)C=CC=C(C)C3)C3C=CC2C3)C1. The zero-order valence-electron chi connectivity index (χ0n) is 17.5. The molecule has 0 aromatic carbocycles. The summed E-state index contributed by atoms with van der Waals surface area (Å²) in [5, 5.41) is 0. The number of ether oxygens (including phenoxy) is 2.